The van der Waals surface area contributed by atoms with Gasteiger partial charge in [-0.2, -0.15) is 5.10 Å². The lowest BCUT2D eigenvalue weighted by atomic mass is 10.2. The zero-order valence-electron chi connectivity index (χ0n) is 10.0. The molecule has 6 nitrogen and oxygen atoms in total. The smallest absolute Gasteiger partial charge is 0.252 e. The van der Waals surface area contributed by atoms with Crippen LogP contribution in [0.4, 0.5) is 5.69 Å². The monoisotopic (exact) mass is 263 g/mol. The topological polar surface area (TPSA) is 85.8 Å². The lowest BCUT2D eigenvalue weighted by molar-refractivity contribution is 0.0960. The molecule has 0 unspecified atom stereocenters. The lowest BCUT2D eigenvalue weighted by Crippen LogP contribution is -2.18. The highest BCUT2D eigenvalue weighted by Gasteiger charge is 2.13. The molecule has 18 heavy (non-hydrogen) atoms. The molecule has 0 aliphatic carbocycles. The Morgan fingerprint density at radius 2 is 2.28 bits per heavy atom. The minimum atomic E-state index is -0.153. The second kappa shape index (κ2) is 5.09. The van der Waals surface area contributed by atoms with Gasteiger partial charge in [0.25, 0.3) is 5.91 Å². The van der Waals surface area contributed by atoms with Crippen molar-refractivity contribution in [2.24, 2.45) is 7.05 Å². The third-order valence-corrected chi connectivity index (χ3v) is 3.46. The van der Waals surface area contributed by atoms with Gasteiger partial charge in [-0.05, 0) is 30.0 Å². The predicted octanol–water partition coefficient (Wildman–Crippen LogP) is 0.908. The molecule has 0 radical (unpaired) electrons. The average molecular weight is 263 g/mol. The highest BCUT2D eigenvalue weighted by atomic mass is 32.2. The number of amides is 1. The highest BCUT2D eigenvalue weighted by molar-refractivity contribution is 7.99. The first-order valence-corrected chi connectivity index (χ1v) is 6.07. The van der Waals surface area contributed by atoms with Crippen molar-refractivity contribution in [3.05, 3.63) is 30.1 Å². The molecule has 0 aliphatic heterocycles. The van der Waals surface area contributed by atoms with E-state index in [2.05, 4.69) is 15.4 Å². The number of aromatic nitrogens is 3. The number of hydrogen-bond acceptors (Lipinski definition) is 5. The van der Waals surface area contributed by atoms with E-state index in [1.807, 2.05) is 0 Å². The van der Waals surface area contributed by atoms with Gasteiger partial charge in [-0.15, -0.1) is 0 Å². The Hall–Kier alpha value is -2.02. The largest absolute Gasteiger partial charge is 0.399 e. The van der Waals surface area contributed by atoms with Gasteiger partial charge in [0, 0.05) is 24.7 Å². The number of hydrogen-bond donors (Lipinski definition) is 2. The van der Waals surface area contributed by atoms with Crippen molar-refractivity contribution in [1.29, 1.82) is 0 Å². The molecule has 0 saturated carbocycles. The van der Waals surface area contributed by atoms with Crippen LogP contribution in [0.1, 0.15) is 10.4 Å². The van der Waals surface area contributed by atoms with Crippen LogP contribution in [0.15, 0.2) is 34.6 Å². The maximum absolute atomic E-state index is 11.8. The maximum atomic E-state index is 11.8. The minimum absolute atomic E-state index is 0.153. The summed E-state index contributed by atoms with van der Waals surface area (Å²) in [6.07, 6.45) is 1.47. The second-order valence-corrected chi connectivity index (χ2v) is 4.61. The van der Waals surface area contributed by atoms with Gasteiger partial charge < -0.3 is 11.1 Å². The van der Waals surface area contributed by atoms with E-state index in [9.17, 15) is 4.79 Å². The molecule has 2 rings (SSSR count). The molecule has 94 valence electrons. The van der Waals surface area contributed by atoms with Gasteiger partial charge in [0.2, 0.25) is 0 Å². The summed E-state index contributed by atoms with van der Waals surface area (Å²) in [6.45, 7) is 0. The average Bonchev–Trinajstić information content (AvgIpc) is 2.74. The molecule has 0 aliphatic rings. The molecule has 0 spiro atoms. The van der Waals surface area contributed by atoms with E-state index in [0.29, 0.717) is 16.4 Å². The summed E-state index contributed by atoms with van der Waals surface area (Å²) in [5, 5.41) is 7.28. The van der Waals surface area contributed by atoms with Crippen LogP contribution in [0.25, 0.3) is 0 Å². The van der Waals surface area contributed by atoms with Crippen LogP contribution in [0.2, 0.25) is 0 Å². The van der Waals surface area contributed by atoms with Crippen molar-refractivity contribution in [3.8, 4) is 0 Å². The Morgan fingerprint density at radius 3 is 2.89 bits per heavy atom. The van der Waals surface area contributed by atoms with E-state index in [-0.39, 0.29) is 5.91 Å². The molecule has 1 aromatic heterocycles. The van der Waals surface area contributed by atoms with Crippen molar-refractivity contribution >= 4 is 23.4 Å². The van der Waals surface area contributed by atoms with Crippen LogP contribution in [0, 0.1) is 0 Å². The molecule has 0 fully saturated rings. The quantitative estimate of drug-likeness (QED) is 0.804. The van der Waals surface area contributed by atoms with Crippen molar-refractivity contribution in [3.63, 3.8) is 0 Å². The predicted molar refractivity (Wildman–Crippen MR) is 69.4 cm³/mol. The molecule has 7 heteroatoms. The molecular weight excluding hydrogens is 250 g/mol. The van der Waals surface area contributed by atoms with E-state index in [4.69, 9.17) is 5.73 Å². The maximum Gasteiger partial charge on any atom is 0.252 e. The first-order valence-electron chi connectivity index (χ1n) is 5.25. The van der Waals surface area contributed by atoms with Gasteiger partial charge in [-0.25, -0.2) is 9.67 Å². The van der Waals surface area contributed by atoms with E-state index < -0.39 is 0 Å². The second-order valence-electron chi connectivity index (χ2n) is 3.60. The zero-order valence-corrected chi connectivity index (χ0v) is 10.9. The number of anilines is 1. The zero-order chi connectivity index (χ0) is 13.1. The number of nitrogens with zero attached hydrogens (tertiary/aromatic N) is 3. The van der Waals surface area contributed by atoms with Crippen LogP contribution < -0.4 is 11.1 Å². The molecule has 3 N–H and O–H groups in total. The van der Waals surface area contributed by atoms with Gasteiger partial charge in [0.15, 0.2) is 5.16 Å². The Kier molecular flexibility index (Phi) is 3.52. The number of aryl methyl sites for hydroxylation is 1. The number of nitrogens with two attached hydrogens (primary N) is 1. The Morgan fingerprint density at radius 1 is 1.50 bits per heavy atom. The molecular formula is C11H13N5OS. The van der Waals surface area contributed by atoms with Crippen LogP contribution in [0.5, 0.6) is 0 Å². The van der Waals surface area contributed by atoms with Crippen LogP contribution in [-0.4, -0.2) is 27.7 Å². The standard InChI is InChI=1S/C11H13N5OS/c1-13-10(17)8-4-3-7(12)5-9(8)18-11-14-6-15-16(11)2/h3-6H,12H2,1-2H3,(H,13,17). The van der Waals surface area contributed by atoms with E-state index in [1.54, 1.807) is 37.0 Å². The fourth-order valence-electron chi connectivity index (χ4n) is 1.42. The van der Waals surface area contributed by atoms with Crippen molar-refractivity contribution in [2.45, 2.75) is 10.1 Å². The van der Waals surface area contributed by atoms with E-state index in [0.717, 1.165) is 4.90 Å². The third kappa shape index (κ3) is 2.45. The fraction of sp³-hybridized carbons (Fsp3) is 0.182. The summed E-state index contributed by atoms with van der Waals surface area (Å²) in [4.78, 5) is 16.6. The van der Waals surface area contributed by atoms with E-state index >= 15 is 0 Å². The normalized spacial score (nSPS) is 10.3. The number of nitrogen functional groups attached to an aromatic ring is 1. The number of carbonyl (C=O) groups excluding carboxylic acids is 1. The fourth-order valence-corrected chi connectivity index (χ4v) is 2.36. The van der Waals surface area contributed by atoms with Gasteiger partial charge in [0.05, 0.1) is 5.56 Å². The summed E-state index contributed by atoms with van der Waals surface area (Å²) < 4.78 is 1.64. The van der Waals surface area contributed by atoms with Crippen LogP contribution >= 0.6 is 11.8 Å². The van der Waals surface area contributed by atoms with Gasteiger partial charge >= 0.3 is 0 Å². The van der Waals surface area contributed by atoms with Crippen LogP contribution in [-0.2, 0) is 7.05 Å². The Labute approximate surface area is 109 Å². The van der Waals surface area contributed by atoms with Crippen LogP contribution in [0.3, 0.4) is 0 Å². The molecule has 0 saturated heterocycles. The number of carbonyl (C=O) groups is 1. The van der Waals surface area contributed by atoms with Crippen molar-refractivity contribution in [2.75, 3.05) is 12.8 Å². The van der Waals surface area contributed by atoms with Crippen molar-refractivity contribution < 1.29 is 4.79 Å². The molecule has 0 bridgehead atoms. The Balaban J connectivity index is 2.39. The Bertz CT molecular complexity index is 581. The summed E-state index contributed by atoms with van der Waals surface area (Å²) in [7, 11) is 3.39. The first kappa shape index (κ1) is 12.4. The summed E-state index contributed by atoms with van der Waals surface area (Å²) in [5.41, 5.74) is 6.92. The summed E-state index contributed by atoms with van der Waals surface area (Å²) in [6, 6.07) is 5.15. The SMILES string of the molecule is CNC(=O)c1ccc(N)cc1Sc1ncnn1C. The molecule has 2 aromatic rings. The van der Waals surface area contributed by atoms with Crippen molar-refractivity contribution in [1.82, 2.24) is 20.1 Å². The van der Waals surface area contributed by atoms with E-state index in [1.165, 1.54) is 18.1 Å². The first-order chi connectivity index (χ1) is 8.61. The molecule has 1 amide bonds. The molecule has 1 heterocycles. The lowest BCUT2D eigenvalue weighted by Gasteiger charge is -2.08. The summed E-state index contributed by atoms with van der Waals surface area (Å²) >= 11 is 1.35. The third-order valence-electron chi connectivity index (χ3n) is 2.35. The number of benzene rings is 1. The van der Waals surface area contributed by atoms with Gasteiger partial charge in [-0.3, -0.25) is 4.79 Å². The molecule has 1 aromatic carbocycles. The number of rotatable bonds is 3. The highest BCUT2D eigenvalue weighted by Crippen LogP contribution is 2.30. The van der Waals surface area contributed by atoms with Gasteiger partial charge in [0.1, 0.15) is 6.33 Å². The minimum Gasteiger partial charge on any atom is -0.399 e. The summed E-state index contributed by atoms with van der Waals surface area (Å²) in [5.74, 6) is -0.153. The number of nitrogens with one attached hydrogen (secondary N) is 1. The van der Waals surface area contributed by atoms with Gasteiger partial charge in [-0.1, -0.05) is 0 Å². The molecule has 0 atom stereocenters.